The van der Waals surface area contributed by atoms with Crippen molar-refractivity contribution >= 4 is 12.8 Å². The molecule has 1 aliphatic heterocycles. The molecule has 0 radical (unpaired) electrons. The fourth-order valence-corrected chi connectivity index (χ4v) is 1.16. The molecule has 11 heavy (non-hydrogen) atoms. The first-order valence-corrected chi connectivity index (χ1v) is 4.68. The highest BCUT2D eigenvalue weighted by Gasteiger charge is 2.03. The summed E-state index contributed by atoms with van der Waals surface area (Å²) in [6.45, 7) is 6.37. The van der Waals surface area contributed by atoms with Crippen LogP contribution in [0.25, 0.3) is 0 Å². The quantitative estimate of drug-likeness (QED) is 0.555. The minimum Gasteiger partial charge on any atom is -0.400 e. The van der Waals surface area contributed by atoms with Gasteiger partial charge in [0.05, 0.1) is 0 Å². The maximum atomic E-state index is 7.00. The largest absolute Gasteiger partial charge is 0.400 e. The van der Waals surface area contributed by atoms with Gasteiger partial charge in [0.1, 0.15) is 0 Å². The molecule has 3 heteroatoms. The zero-order valence-corrected chi connectivity index (χ0v) is 8.77. The molecule has 0 aromatic heterocycles. The number of rotatable bonds is 0. The lowest BCUT2D eigenvalue weighted by Gasteiger charge is -2.19. The molecule has 1 fully saturated rings. The molecule has 0 aromatic carbocycles. The van der Waals surface area contributed by atoms with Gasteiger partial charge in [-0.3, -0.25) is 4.31 Å². The van der Waals surface area contributed by atoms with Crippen molar-refractivity contribution in [3.05, 3.63) is 0 Å². The summed E-state index contributed by atoms with van der Waals surface area (Å²) < 4.78 is 2.09. The lowest BCUT2D eigenvalue weighted by Crippen LogP contribution is -2.19. The van der Waals surface area contributed by atoms with Gasteiger partial charge in [-0.25, -0.2) is 0 Å². The Hall–Kier alpha value is 0.270. The van der Waals surface area contributed by atoms with Gasteiger partial charge in [0, 0.05) is 20.2 Å². The molecule has 70 valence electrons. The van der Waals surface area contributed by atoms with Gasteiger partial charge in [0.25, 0.3) is 0 Å². The van der Waals surface area contributed by atoms with Gasteiger partial charge >= 0.3 is 0 Å². The molecule has 1 aliphatic rings. The predicted molar refractivity (Wildman–Crippen MR) is 53.9 cm³/mol. The zero-order chi connectivity index (χ0) is 9.11. The molecule has 0 unspecified atom stereocenters. The first-order chi connectivity index (χ1) is 5.39. The lowest BCUT2D eigenvalue weighted by molar-refractivity contribution is 0.385. The van der Waals surface area contributed by atoms with Crippen LogP contribution >= 0.6 is 12.8 Å². The average Bonchev–Trinajstić information content (AvgIpc) is 2.13. The molecule has 2 nitrogen and oxygen atoms in total. The average molecular weight is 179 g/mol. The van der Waals surface area contributed by atoms with Gasteiger partial charge in [0.15, 0.2) is 0 Å². The van der Waals surface area contributed by atoms with Crippen LogP contribution in [0.5, 0.6) is 0 Å². The standard InChI is InChI=1S/C5H11NS.C2H6.CH4O/c7-6-4-2-1-3-5-6;2*1-2/h7H,1-5H2;1-2H3;2H,1H3. The number of nitrogens with zero attached hydrogens (tertiary/aromatic N) is 1. The Morgan fingerprint density at radius 1 is 1.00 bits per heavy atom. The Labute approximate surface area is 76.1 Å². The van der Waals surface area contributed by atoms with Crippen molar-refractivity contribution in [3.8, 4) is 0 Å². The Bertz CT molecular complexity index is 56.1. The minimum atomic E-state index is 1.00. The van der Waals surface area contributed by atoms with E-state index in [-0.39, 0.29) is 0 Å². The fourth-order valence-electron chi connectivity index (χ4n) is 0.877. The Morgan fingerprint density at radius 2 is 1.36 bits per heavy atom. The Kier molecular flexibility index (Phi) is 16.2. The van der Waals surface area contributed by atoms with Crippen LogP contribution in [0.15, 0.2) is 0 Å². The van der Waals surface area contributed by atoms with E-state index in [1.807, 2.05) is 13.8 Å². The Morgan fingerprint density at radius 3 is 1.55 bits per heavy atom. The van der Waals surface area contributed by atoms with Gasteiger partial charge < -0.3 is 5.11 Å². The first kappa shape index (κ1) is 13.8. The van der Waals surface area contributed by atoms with Crippen molar-refractivity contribution in [1.29, 1.82) is 0 Å². The number of aliphatic hydroxyl groups is 1. The molecule has 0 spiro atoms. The predicted octanol–water partition coefficient (Wildman–Crippen LogP) is 1.95. The maximum absolute atomic E-state index is 7.00. The molecule has 1 heterocycles. The summed E-state index contributed by atoms with van der Waals surface area (Å²) in [5.41, 5.74) is 0. The van der Waals surface area contributed by atoms with E-state index >= 15 is 0 Å². The summed E-state index contributed by atoms with van der Waals surface area (Å²) in [5, 5.41) is 7.00. The molecule has 0 bridgehead atoms. The lowest BCUT2D eigenvalue weighted by atomic mass is 10.2. The van der Waals surface area contributed by atoms with Gasteiger partial charge in [-0.1, -0.05) is 33.1 Å². The molecular weight excluding hydrogens is 158 g/mol. The molecule has 1 saturated heterocycles. The van der Waals surface area contributed by atoms with Crippen LogP contribution in [-0.2, 0) is 0 Å². The zero-order valence-electron chi connectivity index (χ0n) is 7.88. The minimum absolute atomic E-state index is 1.00. The monoisotopic (exact) mass is 179 g/mol. The van der Waals surface area contributed by atoms with E-state index in [2.05, 4.69) is 17.1 Å². The molecule has 0 amide bonds. The van der Waals surface area contributed by atoms with Crippen LogP contribution in [0.1, 0.15) is 33.1 Å². The van der Waals surface area contributed by atoms with Crippen molar-refractivity contribution < 1.29 is 5.11 Å². The SMILES string of the molecule is CC.CO.SN1CCCCC1. The van der Waals surface area contributed by atoms with Crippen LogP contribution in [0, 0.1) is 0 Å². The third-order valence-electron chi connectivity index (χ3n) is 1.33. The van der Waals surface area contributed by atoms with E-state index in [0.29, 0.717) is 0 Å². The van der Waals surface area contributed by atoms with Crippen LogP contribution in [-0.4, -0.2) is 29.6 Å². The normalized spacial score (nSPS) is 17.2. The van der Waals surface area contributed by atoms with Gasteiger partial charge in [-0.05, 0) is 12.8 Å². The van der Waals surface area contributed by atoms with E-state index in [0.717, 1.165) is 7.11 Å². The topological polar surface area (TPSA) is 23.5 Å². The number of hydrogen-bond donors (Lipinski definition) is 2. The van der Waals surface area contributed by atoms with Crippen LogP contribution in [0.2, 0.25) is 0 Å². The maximum Gasteiger partial charge on any atom is 0.0319 e. The highest BCUT2D eigenvalue weighted by Crippen LogP contribution is 2.08. The van der Waals surface area contributed by atoms with E-state index in [1.54, 1.807) is 0 Å². The van der Waals surface area contributed by atoms with E-state index in [9.17, 15) is 0 Å². The van der Waals surface area contributed by atoms with Crippen molar-refractivity contribution in [2.75, 3.05) is 20.2 Å². The number of piperidine rings is 1. The number of thiol groups is 1. The third-order valence-corrected chi connectivity index (χ3v) is 1.73. The molecule has 0 aromatic rings. The van der Waals surface area contributed by atoms with Gasteiger partial charge in [-0.15, -0.1) is 0 Å². The van der Waals surface area contributed by atoms with Crippen molar-refractivity contribution in [2.24, 2.45) is 0 Å². The van der Waals surface area contributed by atoms with E-state index < -0.39 is 0 Å². The molecule has 0 atom stereocenters. The highest BCUT2D eigenvalue weighted by molar-refractivity contribution is 7.77. The molecular formula is C8H21NOS. The third kappa shape index (κ3) is 10.3. The first-order valence-electron chi connectivity index (χ1n) is 4.28. The summed E-state index contributed by atoms with van der Waals surface area (Å²) in [6, 6.07) is 0. The summed E-state index contributed by atoms with van der Waals surface area (Å²) in [4.78, 5) is 0. The van der Waals surface area contributed by atoms with Gasteiger partial charge in [-0.2, -0.15) is 0 Å². The van der Waals surface area contributed by atoms with Crippen LogP contribution in [0.4, 0.5) is 0 Å². The van der Waals surface area contributed by atoms with Crippen LogP contribution < -0.4 is 0 Å². The fraction of sp³-hybridized carbons (Fsp3) is 1.00. The second-order valence-electron chi connectivity index (χ2n) is 2.01. The molecule has 0 saturated carbocycles. The van der Waals surface area contributed by atoms with E-state index in [4.69, 9.17) is 5.11 Å². The molecule has 1 N–H and O–H groups in total. The van der Waals surface area contributed by atoms with Crippen LogP contribution in [0.3, 0.4) is 0 Å². The smallest absolute Gasteiger partial charge is 0.0319 e. The second kappa shape index (κ2) is 12.9. The summed E-state index contributed by atoms with van der Waals surface area (Å²) in [7, 11) is 1.00. The number of hydrogen-bond acceptors (Lipinski definition) is 3. The molecule has 0 aliphatic carbocycles. The number of aliphatic hydroxyl groups excluding tert-OH is 1. The summed E-state index contributed by atoms with van der Waals surface area (Å²) in [5.74, 6) is 0. The van der Waals surface area contributed by atoms with Crippen molar-refractivity contribution in [3.63, 3.8) is 0 Å². The van der Waals surface area contributed by atoms with Crippen molar-refractivity contribution in [1.82, 2.24) is 4.31 Å². The highest BCUT2D eigenvalue weighted by atomic mass is 32.1. The Balaban J connectivity index is 0. The van der Waals surface area contributed by atoms with Crippen molar-refractivity contribution in [2.45, 2.75) is 33.1 Å². The van der Waals surface area contributed by atoms with Gasteiger partial charge in [0.2, 0.25) is 0 Å². The van der Waals surface area contributed by atoms with E-state index in [1.165, 1.54) is 32.4 Å². The summed E-state index contributed by atoms with van der Waals surface area (Å²) in [6.07, 6.45) is 4.07. The summed E-state index contributed by atoms with van der Waals surface area (Å²) >= 11 is 4.19. The molecule has 1 rings (SSSR count). The second-order valence-corrected chi connectivity index (χ2v) is 2.58.